The molecule has 0 aliphatic carbocycles. The van der Waals surface area contributed by atoms with Crippen molar-refractivity contribution in [1.29, 1.82) is 0 Å². The van der Waals surface area contributed by atoms with Crippen molar-refractivity contribution in [3.8, 4) is 0 Å². The number of aliphatic carboxylic acids is 1. The molecule has 2 aromatic carbocycles. The summed E-state index contributed by atoms with van der Waals surface area (Å²) in [5, 5.41) is 18.3. The number of carboxylic acids is 1. The highest BCUT2D eigenvalue weighted by molar-refractivity contribution is 6.33. The molecule has 0 saturated carbocycles. The number of anilines is 5. The van der Waals surface area contributed by atoms with Crippen LogP contribution in [0.25, 0.3) is 0 Å². The number of aromatic nitrogens is 2. The van der Waals surface area contributed by atoms with Crippen molar-refractivity contribution in [2.75, 3.05) is 48.8 Å². The zero-order valence-electron chi connectivity index (χ0n) is 20.3. The van der Waals surface area contributed by atoms with E-state index in [1.165, 1.54) is 11.1 Å². The lowest BCUT2D eigenvalue weighted by Gasteiger charge is -2.23. The van der Waals surface area contributed by atoms with Crippen molar-refractivity contribution >= 4 is 58.2 Å². The van der Waals surface area contributed by atoms with Crippen LogP contribution in [0.1, 0.15) is 27.6 Å². The summed E-state index contributed by atoms with van der Waals surface area (Å²) >= 11 is 6.33. The van der Waals surface area contributed by atoms with E-state index in [1.807, 2.05) is 17.9 Å². The molecule has 2 amide bonds. The summed E-state index contributed by atoms with van der Waals surface area (Å²) < 4.78 is 0. The summed E-state index contributed by atoms with van der Waals surface area (Å²) in [5.41, 5.74) is 2.71. The molecule has 2 heterocycles. The number of halogens is 1. The van der Waals surface area contributed by atoms with Gasteiger partial charge in [-0.2, -0.15) is 4.98 Å². The molecule has 1 aliphatic heterocycles. The Morgan fingerprint density at radius 3 is 2.59 bits per heavy atom. The molecule has 0 radical (unpaired) electrons. The zero-order valence-corrected chi connectivity index (χ0v) is 21.0. The fraction of sp³-hybridized carbons (Fsp3) is 0.240. The number of rotatable bonds is 8. The summed E-state index contributed by atoms with van der Waals surface area (Å²) in [6.07, 6.45) is 1.44. The Balaban J connectivity index is 1.61. The van der Waals surface area contributed by atoms with Crippen LogP contribution < -0.4 is 20.9 Å². The van der Waals surface area contributed by atoms with Crippen LogP contribution in [0.15, 0.2) is 48.7 Å². The Kier molecular flexibility index (Phi) is 7.73. The molecule has 192 valence electrons. The van der Waals surface area contributed by atoms with Crippen LogP contribution in [-0.2, 0) is 4.79 Å². The molecule has 11 nitrogen and oxygen atoms in total. The second kappa shape index (κ2) is 11.1. The maximum Gasteiger partial charge on any atom is 0.323 e. The topological polar surface area (TPSA) is 140 Å². The third-order valence-corrected chi connectivity index (χ3v) is 6.13. The van der Waals surface area contributed by atoms with Crippen LogP contribution in [0.5, 0.6) is 0 Å². The largest absolute Gasteiger partial charge is 0.480 e. The number of fused-ring (bicyclic) bond motifs is 1. The molecule has 0 atom stereocenters. The van der Waals surface area contributed by atoms with E-state index in [0.717, 1.165) is 0 Å². The minimum absolute atomic E-state index is 0.250. The Morgan fingerprint density at radius 2 is 1.86 bits per heavy atom. The monoisotopic (exact) mass is 523 g/mol. The second-order valence-electron chi connectivity index (χ2n) is 8.20. The van der Waals surface area contributed by atoms with E-state index < -0.39 is 5.97 Å². The first-order valence-corrected chi connectivity index (χ1v) is 12.0. The molecule has 0 unspecified atom stereocenters. The van der Waals surface area contributed by atoms with Crippen LogP contribution in [0.2, 0.25) is 5.02 Å². The number of para-hydroxylation sites is 1. The Morgan fingerprint density at radius 1 is 1.11 bits per heavy atom. The van der Waals surface area contributed by atoms with Crippen molar-refractivity contribution in [2.24, 2.45) is 0 Å². The number of benzene rings is 2. The molecule has 0 fully saturated rings. The van der Waals surface area contributed by atoms with E-state index in [1.54, 1.807) is 43.4 Å². The molecule has 0 spiro atoms. The number of likely N-dealkylation sites (N-methyl/N-ethyl adjacent to an activating group) is 1. The van der Waals surface area contributed by atoms with Gasteiger partial charge in [0.1, 0.15) is 11.6 Å². The highest BCUT2D eigenvalue weighted by Crippen LogP contribution is 2.31. The van der Waals surface area contributed by atoms with E-state index >= 15 is 0 Å². The highest BCUT2D eigenvalue weighted by atomic mass is 35.5. The van der Waals surface area contributed by atoms with Gasteiger partial charge < -0.3 is 30.9 Å². The first-order chi connectivity index (χ1) is 17.8. The van der Waals surface area contributed by atoms with Crippen molar-refractivity contribution in [1.82, 2.24) is 20.2 Å². The number of nitrogens with one attached hydrogen (secondary N) is 3. The van der Waals surface area contributed by atoms with E-state index in [2.05, 4.69) is 25.9 Å². The molecule has 1 aliphatic rings. The summed E-state index contributed by atoms with van der Waals surface area (Å²) in [7, 11) is 1.55. The molecule has 4 rings (SSSR count). The third-order valence-electron chi connectivity index (χ3n) is 5.86. The van der Waals surface area contributed by atoms with Crippen molar-refractivity contribution in [3.63, 3.8) is 0 Å². The zero-order chi connectivity index (χ0) is 26.5. The summed E-state index contributed by atoms with van der Waals surface area (Å²) in [6, 6.07) is 12.2. The van der Waals surface area contributed by atoms with Gasteiger partial charge in [-0.1, -0.05) is 23.7 Å². The van der Waals surface area contributed by atoms with Gasteiger partial charge in [-0.3, -0.25) is 14.4 Å². The highest BCUT2D eigenvalue weighted by Gasteiger charge is 2.27. The molecule has 37 heavy (non-hydrogen) atoms. The van der Waals surface area contributed by atoms with E-state index in [-0.39, 0.29) is 29.3 Å². The van der Waals surface area contributed by atoms with Gasteiger partial charge in [0.2, 0.25) is 5.95 Å². The molecule has 0 bridgehead atoms. The lowest BCUT2D eigenvalue weighted by molar-refractivity contribution is -0.137. The van der Waals surface area contributed by atoms with Crippen molar-refractivity contribution in [3.05, 3.63) is 64.8 Å². The number of amides is 2. The van der Waals surface area contributed by atoms with E-state index in [9.17, 15) is 19.5 Å². The maximum absolute atomic E-state index is 13.0. The van der Waals surface area contributed by atoms with Crippen molar-refractivity contribution < 1.29 is 19.5 Å². The lowest BCUT2D eigenvalue weighted by Crippen LogP contribution is -2.38. The predicted molar refractivity (Wildman–Crippen MR) is 141 cm³/mol. The predicted octanol–water partition coefficient (Wildman–Crippen LogP) is 3.34. The van der Waals surface area contributed by atoms with Crippen molar-refractivity contribution in [2.45, 2.75) is 6.92 Å². The van der Waals surface area contributed by atoms with Gasteiger partial charge >= 0.3 is 5.97 Å². The molecule has 1 aromatic heterocycles. The lowest BCUT2D eigenvalue weighted by atomic mass is 10.1. The fourth-order valence-electron chi connectivity index (χ4n) is 4.02. The van der Waals surface area contributed by atoms with Crippen LogP contribution in [0.4, 0.5) is 28.8 Å². The molecular weight excluding hydrogens is 498 g/mol. The third kappa shape index (κ3) is 5.72. The van der Waals surface area contributed by atoms with E-state index in [0.29, 0.717) is 53.6 Å². The van der Waals surface area contributed by atoms with Gasteiger partial charge in [0, 0.05) is 32.4 Å². The first kappa shape index (κ1) is 25.7. The molecule has 12 heteroatoms. The Bertz CT molecular complexity index is 1350. The molecule has 4 N–H and O–H groups in total. The van der Waals surface area contributed by atoms with Crippen LogP contribution in [0.3, 0.4) is 0 Å². The van der Waals surface area contributed by atoms with Crippen LogP contribution in [-0.4, -0.2) is 71.0 Å². The minimum Gasteiger partial charge on any atom is -0.480 e. The standard InChI is InChI=1S/C25H26ClN7O4/c1-3-32-10-11-33(14-21(34)35)24(37)17-9-8-15(12-20(17)32)29-25-28-13-18(26)22(31-25)30-19-7-5-4-6-16(19)23(36)27-2/h4-9,12-13H,3,10-11,14H2,1-2H3,(H,27,36)(H,34,35)(H2,28,29,30,31). The van der Waals surface area contributed by atoms with Gasteiger partial charge in [0.25, 0.3) is 11.8 Å². The van der Waals surface area contributed by atoms with Gasteiger partial charge in [-0.25, -0.2) is 4.98 Å². The quantitative estimate of drug-likeness (QED) is 0.350. The average molecular weight is 524 g/mol. The van der Waals surface area contributed by atoms with Crippen LogP contribution >= 0.6 is 11.6 Å². The first-order valence-electron chi connectivity index (χ1n) is 11.6. The van der Waals surface area contributed by atoms with E-state index in [4.69, 9.17) is 11.6 Å². The number of carbonyl (C=O) groups excluding carboxylic acids is 2. The summed E-state index contributed by atoms with van der Waals surface area (Å²) in [4.78, 5) is 48.5. The van der Waals surface area contributed by atoms with Gasteiger partial charge in [0.05, 0.1) is 28.7 Å². The average Bonchev–Trinajstić information content (AvgIpc) is 3.01. The normalized spacial score (nSPS) is 13.0. The van der Waals surface area contributed by atoms with Gasteiger partial charge in [-0.05, 0) is 37.3 Å². The summed E-state index contributed by atoms with van der Waals surface area (Å²) in [5.74, 6) is -1.09. The molecule has 0 saturated heterocycles. The number of hydrogen-bond acceptors (Lipinski definition) is 8. The number of hydrogen-bond donors (Lipinski definition) is 4. The maximum atomic E-state index is 13.0. The molecular formula is C25H26ClN7O4. The number of carbonyl (C=O) groups is 3. The Hall–Kier alpha value is -4.38. The molecule has 3 aromatic rings. The Labute approximate surface area is 218 Å². The number of carboxylic acid groups (broad SMARTS) is 1. The smallest absolute Gasteiger partial charge is 0.323 e. The van der Waals surface area contributed by atoms with Gasteiger partial charge in [-0.15, -0.1) is 0 Å². The summed E-state index contributed by atoms with van der Waals surface area (Å²) in [6.45, 7) is 3.07. The SMILES string of the molecule is CCN1CCN(CC(=O)O)C(=O)c2ccc(Nc3ncc(Cl)c(Nc4ccccc4C(=O)NC)n3)cc21. The fourth-order valence-corrected chi connectivity index (χ4v) is 4.16. The van der Waals surface area contributed by atoms with Crippen LogP contribution in [0, 0.1) is 0 Å². The second-order valence-corrected chi connectivity index (χ2v) is 8.60. The number of nitrogens with zero attached hydrogens (tertiary/aromatic N) is 4. The van der Waals surface area contributed by atoms with Gasteiger partial charge in [0.15, 0.2) is 5.82 Å². The minimum atomic E-state index is -1.06.